The largest absolute Gasteiger partial charge is 0.481 e. The van der Waals surface area contributed by atoms with Crippen LogP contribution < -0.4 is 0 Å². The lowest BCUT2D eigenvalue weighted by atomic mass is 9.90. The molecule has 0 saturated heterocycles. The summed E-state index contributed by atoms with van der Waals surface area (Å²) < 4.78 is 10.9. The number of fused-ring (bicyclic) bond motifs is 1. The number of aromatic nitrogens is 1. The summed E-state index contributed by atoms with van der Waals surface area (Å²) in [4.78, 5) is 27.7. The molecule has 0 saturated carbocycles. The van der Waals surface area contributed by atoms with Crippen molar-refractivity contribution >= 4 is 38.9 Å². The average Bonchev–Trinajstić information content (AvgIpc) is 2.67. The number of carbonyl (C=O) groups is 2. The van der Waals surface area contributed by atoms with Crippen LogP contribution in [0.15, 0.2) is 36.4 Å². The summed E-state index contributed by atoms with van der Waals surface area (Å²) in [6.45, 7) is 5.48. The van der Waals surface area contributed by atoms with Gasteiger partial charge in [-0.2, -0.15) is 0 Å². The number of nitrogens with zero attached hydrogens (tertiary/aromatic N) is 1. The fraction of sp³-hybridized carbons (Fsp3) is 0.458. The van der Waals surface area contributed by atoms with Gasteiger partial charge in [-0.3, -0.25) is 9.59 Å². The zero-order chi connectivity index (χ0) is 23.2. The van der Waals surface area contributed by atoms with Crippen LogP contribution >= 0.6 is 10.0 Å². The summed E-state index contributed by atoms with van der Waals surface area (Å²) in [5.41, 5.74) is 1.12. The van der Waals surface area contributed by atoms with E-state index in [-0.39, 0.29) is 12.6 Å². The second-order valence-electron chi connectivity index (χ2n) is 8.84. The van der Waals surface area contributed by atoms with Gasteiger partial charge in [-0.25, -0.2) is 15.0 Å². The van der Waals surface area contributed by atoms with Crippen molar-refractivity contribution in [3.05, 3.63) is 47.7 Å². The lowest BCUT2D eigenvalue weighted by Crippen LogP contribution is -2.31. The Kier molecular flexibility index (Phi) is 8.26. The molecule has 0 radical (unpaired) electrons. The summed E-state index contributed by atoms with van der Waals surface area (Å²) >= 11 is 0. The number of rotatable bonds is 10. The van der Waals surface area contributed by atoms with Crippen molar-refractivity contribution in [2.75, 3.05) is 37.7 Å². The zero-order valence-corrected chi connectivity index (χ0v) is 20.0. The van der Waals surface area contributed by atoms with Crippen LogP contribution in [-0.2, 0) is 19.1 Å². The molecule has 2 atom stereocenters. The van der Waals surface area contributed by atoms with Gasteiger partial charge in [-0.15, -0.1) is 0 Å². The first-order valence-electron chi connectivity index (χ1n) is 10.1. The third-order valence-electron chi connectivity index (χ3n) is 4.87. The fourth-order valence-electron chi connectivity index (χ4n) is 2.84. The van der Waals surface area contributed by atoms with Gasteiger partial charge in [0.05, 0.1) is 24.4 Å². The predicted octanol–water partition coefficient (Wildman–Crippen LogP) is 4.67. The van der Waals surface area contributed by atoms with Gasteiger partial charge in [0.25, 0.3) is 0 Å². The van der Waals surface area contributed by atoms with Crippen LogP contribution in [0.4, 0.5) is 0 Å². The normalized spacial score (nSPS) is 15.5. The van der Waals surface area contributed by atoms with Gasteiger partial charge in [0.2, 0.25) is 0 Å². The molecule has 1 aromatic carbocycles. The molecule has 0 bridgehead atoms. The van der Waals surface area contributed by atoms with E-state index in [1.54, 1.807) is 26.0 Å². The molecule has 0 unspecified atom stereocenters. The van der Waals surface area contributed by atoms with Crippen molar-refractivity contribution in [2.45, 2.75) is 26.9 Å². The van der Waals surface area contributed by atoms with Crippen LogP contribution in [0.5, 0.6) is 0 Å². The quantitative estimate of drug-likeness (QED) is 0.421. The van der Waals surface area contributed by atoms with Crippen molar-refractivity contribution < 1.29 is 24.2 Å². The Hall–Kier alpha value is -2.38. The summed E-state index contributed by atoms with van der Waals surface area (Å²) in [6.07, 6.45) is 9.64. The molecule has 31 heavy (non-hydrogen) atoms. The summed E-state index contributed by atoms with van der Waals surface area (Å²) in [7, 11) is -0.680. The van der Waals surface area contributed by atoms with Crippen LogP contribution in [0.3, 0.4) is 0 Å². The topological polar surface area (TPSA) is 85.7 Å². The number of benzene rings is 1. The lowest BCUT2D eigenvalue weighted by Gasteiger charge is -2.26. The predicted molar refractivity (Wildman–Crippen MR) is 128 cm³/mol. The molecule has 1 N–H and O–H groups in total. The third-order valence-corrected chi connectivity index (χ3v) is 6.26. The van der Waals surface area contributed by atoms with E-state index in [2.05, 4.69) is 23.8 Å². The van der Waals surface area contributed by atoms with E-state index in [9.17, 15) is 14.7 Å². The molecule has 0 spiro atoms. The number of hydrogen-bond acceptors (Lipinski definition) is 5. The highest BCUT2D eigenvalue weighted by Crippen LogP contribution is 2.34. The fourth-order valence-corrected chi connectivity index (χ4v) is 3.46. The van der Waals surface area contributed by atoms with Crippen LogP contribution in [0, 0.1) is 5.41 Å². The monoisotopic (exact) mass is 447 g/mol. The van der Waals surface area contributed by atoms with Gasteiger partial charge in [-0.1, -0.05) is 30.4 Å². The molecule has 2 aromatic rings. The van der Waals surface area contributed by atoms with Gasteiger partial charge in [0.15, 0.2) is 0 Å². The van der Waals surface area contributed by atoms with Crippen LogP contribution in [-0.4, -0.2) is 59.8 Å². The Morgan fingerprint density at radius 3 is 2.52 bits per heavy atom. The Bertz CT molecular complexity index is 966. The molecule has 170 valence electrons. The number of esters is 1. The second-order valence-corrected chi connectivity index (χ2v) is 13.4. The smallest absolute Gasteiger partial charge is 0.315 e. The lowest BCUT2D eigenvalue weighted by molar-refractivity contribution is -0.148. The van der Waals surface area contributed by atoms with Crippen molar-refractivity contribution in [1.82, 2.24) is 4.98 Å². The second kappa shape index (κ2) is 10.3. The molecule has 0 fully saturated rings. The molecule has 0 aliphatic rings. The first kappa shape index (κ1) is 24.9. The maximum absolute atomic E-state index is 11.9. The van der Waals surface area contributed by atoms with E-state index in [1.165, 1.54) is 6.92 Å². The highest BCUT2D eigenvalue weighted by Gasteiger charge is 2.30. The summed E-state index contributed by atoms with van der Waals surface area (Å²) in [5.74, 6) is -0.343. The van der Waals surface area contributed by atoms with E-state index < -0.39 is 27.5 Å². The minimum atomic E-state index is -1.12. The highest BCUT2D eigenvalue weighted by molar-refractivity contribution is 8.32. The van der Waals surface area contributed by atoms with Gasteiger partial charge < -0.3 is 14.6 Å². The van der Waals surface area contributed by atoms with Crippen LogP contribution in [0.1, 0.15) is 38.1 Å². The van der Waals surface area contributed by atoms with Gasteiger partial charge in [0.1, 0.15) is 11.5 Å². The standard InChI is InChI=1S/C24H33NO5S/c1-17(30-18(2)26)21-10-9-20-8-7-19(15-22(20)25-21)11-12-24(3,23(27)28)16-29-13-14-31(4,5)6/h7-12,15,17H,13-14,16H2,1-6H3,(H,27,28)/b12-11+/t17-,24-/m1/s1. The Morgan fingerprint density at radius 2 is 1.90 bits per heavy atom. The summed E-state index contributed by atoms with van der Waals surface area (Å²) in [6, 6.07) is 9.51. The van der Waals surface area contributed by atoms with E-state index in [4.69, 9.17) is 9.47 Å². The Labute approximate surface area is 186 Å². The molecular weight excluding hydrogens is 414 g/mol. The van der Waals surface area contributed by atoms with E-state index in [1.807, 2.05) is 30.3 Å². The molecule has 1 heterocycles. The van der Waals surface area contributed by atoms with Gasteiger partial charge >= 0.3 is 11.9 Å². The van der Waals surface area contributed by atoms with Crippen molar-refractivity contribution in [2.24, 2.45) is 5.41 Å². The molecule has 1 aromatic heterocycles. The number of carbonyl (C=O) groups excluding carboxylic acids is 1. The molecule has 7 heteroatoms. The van der Waals surface area contributed by atoms with E-state index in [0.717, 1.165) is 22.2 Å². The third kappa shape index (κ3) is 7.67. The van der Waals surface area contributed by atoms with Crippen LogP contribution in [0.2, 0.25) is 0 Å². The van der Waals surface area contributed by atoms with Crippen molar-refractivity contribution in [1.29, 1.82) is 0 Å². The molecular formula is C24H33NO5S. The molecule has 0 aliphatic heterocycles. The number of hydrogen-bond donors (Lipinski definition) is 1. The Balaban J connectivity index is 2.18. The minimum absolute atomic E-state index is 0.115. The van der Waals surface area contributed by atoms with Crippen molar-refractivity contribution in [3.63, 3.8) is 0 Å². The number of aliphatic carboxylic acids is 1. The number of pyridine rings is 1. The minimum Gasteiger partial charge on any atom is -0.481 e. The molecule has 2 rings (SSSR count). The van der Waals surface area contributed by atoms with Gasteiger partial charge in [-0.05, 0) is 50.3 Å². The SMILES string of the molecule is CC(=O)O[C@H](C)c1ccc2ccc(/C=C/[C@](C)(COCCS(C)(C)C)C(=O)O)cc2n1. The first-order valence-corrected chi connectivity index (χ1v) is 13.2. The maximum Gasteiger partial charge on any atom is 0.315 e. The maximum atomic E-state index is 11.9. The molecule has 0 amide bonds. The number of carboxylic acid groups (broad SMARTS) is 1. The van der Waals surface area contributed by atoms with Gasteiger partial charge in [0, 0.05) is 18.1 Å². The van der Waals surface area contributed by atoms with E-state index >= 15 is 0 Å². The molecule has 0 aliphatic carbocycles. The number of carboxylic acids is 1. The first-order chi connectivity index (χ1) is 14.4. The average molecular weight is 448 g/mol. The van der Waals surface area contributed by atoms with E-state index in [0.29, 0.717) is 12.3 Å². The Morgan fingerprint density at radius 1 is 1.23 bits per heavy atom. The number of ether oxygens (including phenoxy) is 2. The van der Waals surface area contributed by atoms with Crippen LogP contribution in [0.25, 0.3) is 17.0 Å². The molecule has 6 nitrogen and oxygen atoms in total. The summed E-state index contributed by atoms with van der Waals surface area (Å²) in [5, 5.41) is 10.7. The van der Waals surface area contributed by atoms with Crippen molar-refractivity contribution in [3.8, 4) is 0 Å². The zero-order valence-electron chi connectivity index (χ0n) is 19.2. The highest BCUT2D eigenvalue weighted by atomic mass is 32.3.